The molecule has 3 nitrogen and oxygen atoms in total. The van der Waals surface area contributed by atoms with E-state index in [9.17, 15) is 0 Å². The number of rotatable bonds is 1. The average Bonchev–Trinajstić information content (AvgIpc) is 3.00. The third-order valence-corrected chi connectivity index (χ3v) is 4.12. The second-order valence-electron chi connectivity index (χ2n) is 8.30. The molecule has 0 aliphatic rings. The molecule has 122 valence electrons. The molecule has 0 aliphatic carbocycles. The molecule has 2 aromatic heterocycles. The number of furan rings is 1. The first kappa shape index (κ1) is 15.9. The van der Waals surface area contributed by atoms with Gasteiger partial charge in [0.15, 0.2) is 11.3 Å². The SMILES string of the molecule is Cc1ccc(-c2nc3cc(C(C)(C)C)cc(C(C)(C)C)c3o2)o1. The molecule has 3 rings (SSSR count). The molecule has 3 aromatic rings. The number of oxazole rings is 1. The van der Waals surface area contributed by atoms with Gasteiger partial charge in [-0.05, 0) is 41.5 Å². The minimum atomic E-state index is -0.0185. The number of aryl methyl sites for hydroxylation is 1. The van der Waals surface area contributed by atoms with Crippen LogP contribution in [0.4, 0.5) is 0 Å². The Labute approximate surface area is 137 Å². The average molecular weight is 311 g/mol. The second kappa shape index (κ2) is 4.98. The molecule has 3 heteroatoms. The van der Waals surface area contributed by atoms with E-state index in [4.69, 9.17) is 8.83 Å². The standard InChI is InChI=1S/C20H25NO2/c1-12-8-9-16(22-12)18-21-15-11-13(19(2,3)4)10-14(17(15)23-18)20(5,6)7/h8-11H,1-7H3. The molecule has 0 saturated heterocycles. The van der Waals surface area contributed by atoms with Crippen LogP contribution in [-0.2, 0) is 10.8 Å². The zero-order chi connectivity index (χ0) is 17.0. The molecule has 1 aromatic carbocycles. The monoisotopic (exact) mass is 311 g/mol. The van der Waals surface area contributed by atoms with Gasteiger partial charge in [-0.3, -0.25) is 0 Å². The van der Waals surface area contributed by atoms with Gasteiger partial charge >= 0.3 is 0 Å². The van der Waals surface area contributed by atoms with Crippen LogP contribution in [0, 0.1) is 6.92 Å². The molecule has 0 spiro atoms. The lowest BCUT2D eigenvalue weighted by Gasteiger charge is -2.24. The summed E-state index contributed by atoms with van der Waals surface area (Å²) in [5.41, 5.74) is 4.25. The predicted molar refractivity (Wildman–Crippen MR) is 93.8 cm³/mol. The van der Waals surface area contributed by atoms with Crippen molar-refractivity contribution in [3.05, 3.63) is 41.2 Å². The van der Waals surface area contributed by atoms with Crippen LogP contribution in [0.2, 0.25) is 0 Å². The molecule has 0 atom stereocenters. The summed E-state index contributed by atoms with van der Waals surface area (Å²) in [4.78, 5) is 4.68. The molecule has 0 fully saturated rings. The van der Waals surface area contributed by atoms with Crippen LogP contribution in [0.5, 0.6) is 0 Å². The van der Waals surface area contributed by atoms with E-state index in [2.05, 4.69) is 58.7 Å². The number of aromatic nitrogens is 1. The third kappa shape index (κ3) is 2.92. The highest BCUT2D eigenvalue weighted by Gasteiger charge is 2.25. The summed E-state index contributed by atoms with van der Waals surface area (Å²) < 4.78 is 11.8. The van der Waals surface area contributed by atoms with E-state index in [-0.39, 0.29) is 10.8 Å². The highest BCUT2D eigenvalue weighted by Crippen LogP contribution is 2.37. The lowest BCUT2D eigenvalue weighted by atomic mass is 9.80. The van der Waals surface area contributed by atoms with Crippen LogP contribution < -0.4 is 0 Å². The van der Waals surface area contributed by atoms with Crippen molar-refractivity contribution in [1.82, 2.24) is 4.98 Å². The fraction of sp³-hybridized carbons (Fsp3) is 0.450. The molecule has 0 radical (unpaired) electrons. The number of benzene rings is 1. The van der Waals surface area contributed by atoms with E-state index in [1.165, 1.54) is 11.1 Å². The van der Waals surface area contributed by atoms with Crippen molar-refractivity contribution >= 4 is 11.1 Å². The van der Waals surface area contributed by atoms with E-state index < -0.39 is 0 Å². The molecule has 0 aliphatic heterocycles. The van der Waals surface area contributed by atoms with Crippen LogP contribution in [0.3, 0.4) is 0 Å². The minimum absolute atomic E-state index is 0.0185. The molecule has 0 bridgehead atoms. The highest BCUT2D eigenvalue weighted by molar-refractivity contribution is 5.81. The van der Waals surface area contributed by atoms with Gasteiger partial charge in [0.05, 0.1) is 0 Å². The quantitative estimate of drug-likeness (QED) is 0.554. The van der Waals surface area contributed by atoms with Crippen LogP contribution in [0.15, 0.2) is 33.1 Å². The number of hydrogen-bond acceptors (Lipinski definition) is 3. The summed E-state index contributed by atoms with van der Waals surface area (Å²) in [6, 6.07) is 8.22. The largest absolute Gasteiger partial charge is 0.456 e. The van der Waals surface area contributed by atoms with Crippen molar-refractivity contribution in [2.75, 3.05) is 0 Å². The van der Waals surface area contributed by atoms with Crippen LogP contribution in [0.25, 0.3) is 22.8 Å². The smallest absolute Gasteiger partial charge is 0.263 e. The number of nitrogens with zero attached hydrogens (tertiary/aromatic N) is 1. The van der Waals surface area contributed by atoms with E-state index in [1.54, 1.807) is 0 Å². The fourth-order valence-corrected chi connectivity index (χ4v) is 2.68. The van der Waals surface area contributed by atoms with Crippen molar-refractivity contribution in [1.29, 1.82) is 0 Å². The topological polar surface area (TPSA) is 39.2 Å². The van der Waals surface area contributed by atoms with Gasteiger partial charge in [0, 0.05) is 5.56 Å². The van der Waals surface area contributed by atoms with Gasteiger partial charge in [0.1, 0.15) is 11.3 Å². The fourth-order valence-electron chi connectivity index (χ4n) is 2.68. The van der Waals surface area contributed by atoms with Crippen LogP contribution in [-0.4, -0.2) is 4.98 Å². The molecule has 0 amide bonds. The first-order valence-corrected chi connectivity index (χ1v) is 8.08. The van der Waals surface area contributed by atoms with Gasteiger partial charge in [-0.2, -0.15) is 0 Å². The van der Waals surface area contributed by atoms with Crippen LogP contribution >= 0.6 is 0 Å². The van der Waals surface area contributed by atoms with Gasteiger partial charge in [-0.15, -0.1) is 0 Å². The minimum Gasteiger partial charge on any atom is -0.456 e. The van der Waals surface area contributed by atoms with Crippen LogP contribution in [0.1, 0.15) is 58.4 Å². The second-order valence-corrected chi connectivity index (χ2v) is 8.30. The summed E-state index contributed by atoms with van der Waals surface area (Å²) >= 11 is 0. The Bertz CT molecular complexity index is 854. The van der Waals surface area contributed by atoms with Crippen molar-refractivity contribution < 1.29 is 8.83 Å². The molecule has 0 N–H and O–H groups in total. The maximum Gasteiger partial charge on any atom is 0.263 e. The van der Waals surface area contributed by atoms with Crippen molar-refractivity contribution in [3.8, 4) is 11.7 Å². The van der Waals surface area contributed by atoms with Crippen molar-refractivity contribution in [3.63, 3.8) is 0 Å². The molecular weight excluding hydrogens is 286 g/mol. The molecular formula is C20H25NO2. The maximum atomic E-state index is 6.09. The number of hydrogen-bond donors (Lipinski definition) is 0. The van der Waals surface area contributed by atoms with Gasteiger partial charge in [-0.1, -0.05) is 47.6 Å². The normalized spacial score (nSPS) is 13.0. The Morgan fingerprint density at radius 1 is 0.870 bits per heavy atom. The van der Waals surface area contributed by atoms with Crippen molar-refractivity contribution in [2.45, 2.75) is 59.3 Å². The van der Waals surface area contributed by atoms with E-state index in [1.807, 2.05) is 19.1 Å². The highest BCUT2D eigenvalue weighted by atomic mass is 16.4. The Morgan fingerprint density at radius 3 is 2.09 bits per heavy atom. The summed E-state index contributed by atoms with van der Waals surface area (Å²) in [7, 11) is 0. The summed E-state index contributed by atoms with van der Waals surface area (Å²) in [6.07, 6.45) is 0. The zero-order valence-electron chi connectivity index (χ0n) is 15.1. The Hall–Kier alpha value is -2.03. The van der Waals surface area contributed by atoms with E-state index >= 15 is 0 Å². The zero-order valence-corrected chi connectivity index (χ0v) is 15.1. The Kier molecular flexibility index (Phi) is 3.44. The first-order valence-electron chi connectivity index (χ1n) is 8.08. The first-order chi connectivity index (χ1) is 10.6. The van der Waals surface area contributed by atoms with Gasteiger partial charge in [-0.25, -0.2) is 4.98 Å². The molecule has 0 unspecified atom stereocenters. The van der Waals surface area contributed by atoms with Crippen molar-refractivity contribution in [2.24, 2.45) is 0 Å². The lowest BCUT2D eigenvalue weighted by molar-refractivity contribution is 0.507. The predicted octanol–water partition coefficient (Wildman–Crippen LogP) is 5.99. The summed E-state index contributed by atoms with van der Waals surface area (Å²) in [5, 5.41) is 0. The van der Waals surface area contributed by atoms with E-state index in [0.717, 1.165) is 16.9 Å². The molecule has 2 heterocycles. The number of fused-ring (bicyclic) bond motifs is 1. The lowest BCUT2D eigenvalue weighted by Crippen LogP contribution is -2.16. The Morgan fingerprint density at radius 2 is 1.57 bits per heavy atom. The summed E-state index contributed by atoms with van der Waals surface area (Å²) in [5.74, 6) is 2.08. The maximum absolute atomic E-state index is 6.09. The summed E-state index contributed by atoms with van der Waals surface area (Å²) in [6.45, 7) is 15.2. The molecule has 23 heavy (non-hydrogen) atoms. The molecule has 0 saturated carbocycles. The van der Waals surface area contributed by atoms with E-state index in [0.29, 0.717) is 11.7 Å². The van der Waals surface area contributed by atoms with Gasteiger partial charge < -0.3 is 8.83 Å². The third-order valence-electron chi connectivity index (χ3n) is 4.12. The van der Waals surface area contributed by atoms with Gasteiger partial charge in [0.25, 0.3) is 5.89 Å². The Balaban J connectivity index is 2.28. The van der Waals surface area contributed by atoms with Gasteiger partial charge in [0.2, 0.25) is 0 Å².